The Kier molecular flexibility index (Phi) is 3.80. The number of hydrogen-bond acceptors (Lipinski definition) is 5. The lowest BCUT2D eigenvalue weighted by Gasteiger charge is -2.17. The average Bonchev–Trinajstić information content (AvgIpc) is 2.76. The maximum atomic E-state index is 12.2. The summed E-state index contributed by atoms with van der Waals surface area (Å²) in [7, 11) is 1.70. The minimum Gasteiger partial charge on any atom is -0.393 e. The normalized spacial score (nSPS) is 12.6. The van der Waals surface area contributed by atoms with Gasteiger partial charge in [0.05, 0.1) is 22.7 Å². The van der Waals surface area contributed by atoms with Crippen molar-refractivity contribution in [1.82, 2.24) is 15.0 Å². The van der Waals surface area contributed by atoms with E-state index in [1.54, 1.807) is 31.9 Å². The van der Waals surface area contributed by atoms with Crippen molar-refractivity contribution in [2.75, 3.05) is 13.6 Å². The topological polar surface area (TPSA) is 79.5 Å². The van der Waals surface area contributed by atoms with E-state index in [0.717, 1.165) is 5.39 Å². The quantitative estimate of drug-likeness (QED) is 0.901. The van der Waals surface area contributed by atoms with Crippen molar-refractivity contribution in [2.45, 2.75) is 26.4 Å². The van der Waals surface area contributed by atoms with E-state index in [-0.39, 0.29) is 5.91 Å². The van der Waals surface area contributed by atoms with Gasteiger partial charge in [-0.25, -0.2) is 4.98 Å². The molecule has 0 spiro atoms. The van der Waals surface area contributed by atoms with Gasteiger partial charge in [-0.1, -0.05) is 5.16 Å². The summed E-state index contributed by atoms with van der Waals surface area (Å²) in [5.74, 6) is -0.129. The van der Waals surface area contributed by atoms with Gasteiger partial charge in [-0.15, -0.1) is 0 Å². The van der Waals surface area contributed by atoms with Gasteiger partial charge in [-0.2, -0.15) is 0 Å². The molecule has 0 aliphatic carbocycles. The molecule has 1 atom stereocenters. The van der Waals surface area contributed by atoms with Gasteiger partial charge in [0.2, 0.25) is 0 Å². The molecule has 0 saturated heterocycles. The monoisotopic (exact) mass is 263 g/mol. The fourth-order valence-corrected chi connectivity index (χ4v) is 1.76. The first kappa shape index (κ1) is 13.5. The zero-order valence-corrected chi connectivity index (χ0v) is 11.3. The first-order valence-corrected chi connectivity index (χ1v) is 6.14. The Morgan fingerprint density at radius 3 is 3.00 bits per heavy atom. The number of carbonyl (C=O) groups is 1. The van der Waals surface area contributed by atoms with Crippen LogP contribution in [0.4, 0.5) is 0 Å². The van der Waals surface area contributed by atoms with Crippen molar-refractivity contribution in [1.29, 1.82) is 0 Å². The Hall–Kier alpha value is -1.95. The van der Waals surface area contributed by atoms with Crippen molar-refractivity contribution >= 4 is 17.0 Å². The number of aryl methyl sites for hydroxylation is 1. The summed E-state index contributed by atoms with van der Waals surface area (Å²) in [6.45, 7) is 4.00. The van der Waals surface area contributed by atoms with Crippen LogP contribution in [-0.4, -0.2) is 45.8 Å². The van der Waals surface area contributed by atoms with E-state index in [1.165, 1.54) is 6.20 Å². The zero-order valence-electron chi connectivity index (χ0n) is 11.3. The van der Waals surface area contributed by atoms with Crippen LogP contribution in [0.3, 0.4) is 0 Å². The molecule has 0 bridgehead atoms. The zero-order chi connectivity index (χ0) is 14.0. The number of fused-ring (bicyclic) bond motifs is 1. The fraction of sp³-hybridized carbons (Fsp3) is 0.462. The lowest BCUT2D eigenvalue weighted by atomic mass is 10.2. The highest BCUT2D eigenvalue weighted by molar-refractivity contribution is 5.96. The average molecular weight is 263 g/mol. The predicted molar refractivity (Wildman–Crippen MR) is 69.8 cm³/mol. The summed E-state index contributed by atoms with van der Waals surface area (Å²) >= 11 is 0. The van der Waals surface area contributed by atoms with Crippen LogP contribution in [0.5, 0.6) is 0 Å². The summed E-state index contributed by atoms with van der Waals surface area (Å²) < 4.78 is 5.00. The molecule has 2 aromatic rings. The second kappa shape index (κ2) is 5.36. The lowest BCUT2D eigenvalue weighted by Crippen LogP contribution is -2.29. The number of amides is 1. The molecule has 19 heavy (non-hydrogen) atoms. The number of aliphatic hydroxyl groups is 1. The SMILES string of the molecule is Cc1noc2ncc(C(=O)N(C)CCC(C)O)cc12. The second-order valence-corrected chi connectivity index (χ2v) is 4.71. The number of pyridine rings is 1. The molecule has 0 aliphatic rings. The summed E-state index contributed by atoms with van der Waals surface area (Å²) in [5, 5.41) is 13.8. The molecule has 0 fully saturated rings. The van der Waals surface area contributed by atoms with Gasteiger partial charge < -0.3 is 14.5 Å². The maximum Gasteiger partial charge on any atom is 0.257 e. The Labute approximate surface area is 111 Å². The van der Waals surface area contributed by atoms with Crippen molar-refractivity contribution in [3.63, 3.8) is 0 Å². The maximum absolute atomic E-state index is 12.2. The van der Waals surface area contributed by atoms with E-state index in [9.17, 15) is 9.90 Å². The summed E-state index contributed by atoms with van der Waals surface area (Å²) in [5.41, 5.74) is 1.64. The van der Waals surface area contributed by atoms with Gasteiger partial charge in [0.1, 0.15) is 0 Å². The van der Waals surface area contributed by atoms with Gasteiger partial charge in [-0.3, -0.25) is 4.79 Å². The Morgan fingerprint density at radius 1 is 1.58 bits per heavy atom. The number of carbonyl (C=O) groups excluding carboxylic acids is 1. The molecule has 102 valence electrons. The van der Waals surface area contributed by atoms with E-state index >= 15 is 0 Å². The molecular formula is C13H17N3O3. The van der Waals surface area contributed by atoms with Gasteiger partial charge >= 0.3 is 0 Å². The third-order valence-electron chi connectivity index (χ3n) is 2.99. The van der Waals surface area contributed by atoms with E-state index in [1.807, 2.05) is 0 Å². The van der Waals surface area contributed by atoms with E-state index in [4.69, 9.17) is 4.52 Å². The summed E-state index contributed by atoms with van der Waals surface area (Å²) in [6, 6.07) is 1.73. The van der Waals surface area contributed by atoms with Gasteiger partial charge in [-0.05, 0) is 26.3 Å². The molecule has 0 saturated carbocycles. The number of nitrogens with zero attached hydrogens (tertiary/aromatic N) is 3. The largest absolute Gasteiger partial charge is 0.393 e. The van der Waals surface area contributed by atoms with Crippen LogP contribution in [0.2, 0.25) is 0 Å². The van der Waals surface area contributed by atoms with E-state index in [2.05, 4.69) is 10.1 Å². The molecule has 1 unspecified atom stereocenters. The molecule has 0 aromatic carbocycles. The summed E-state index contributed by atoms with van der Waals surface area (Å²) in [4.78, 5) is 17.8. The standard InChI is InChI=1S/C13H17N3O3/c1-8(17)4-5-16(3)13(18)10-6-11-9(2)15-19-12(11)14-7-10/h6-8,17H,4-5H2,1-3H3. The van der Waals surface area contributed by atoms with Crippen molar-refractivity contribution in [2.24, 2.45) is 0 Å². The third kappa shape index (κ3) is 2.90. The van der Waals surface area contributed by atoms with Crippen LogP contribution in [0, 0.1) is 6.92 Å². The molecule has 6 nitrogen and oxygen atoms in total. The molecule has 1 N–H and O–H groups in total. The minimum absolute atomic E-state index is 0.129. The van der Waals surface area contributed by atoms with Crippen LogP contribution in [0.1, 0.15) is 29.4 Å². The van der Waals surface area contributed by atoms with Gasteiger partial charge in [0.15, 0.2) is 0 Å². The van der Waals surface area contributed by atoms with Crippen molar-refractivity contribution in [3.8, 4) is 0 Å². The van der Waals surface area contributed by atoms with E-state index in [0.29, 0.717) is 29.9 Å². The second-order valence-electron chi connectivity index (χ2n) is 4.71. The molecule has 1 amide bonds. The third-order valence-corrected chi connectivity index (χ3v) is 2.99. The van der Waals surface area contributed by atoms with Gasteiger partial charge in [0, 0.05) is 19.8 Å². The molecule has 2 rings (SSSR count). The Bertz CT molecular complexity index is 592. The smallest absolute Gasteiger partial charge is 0.257 e. The number of rotatable bonds is 4. The summed E-state index contributed by atoms with van der Waals surface area (Å²) in [6.07, 6.45) is 1.61. The van der Waals surface area contributed by atoms with Gasteiger partial charge in [0.25, 0.3) is 11.6 Å². The van der Waals surface area contributed by atoms with Crippen LogP contribution in [-0.2, 0) is 0 Å². The first-order valence-electron chi connectivity index (χ1n) is 6.14. The highest BCUT2D eigenvalue weighted by atomic mass is 16.5. The predicted octanol–water partition coefficient (Wildman–Crippen LogP) is 1.37. The first-order chi connectivity index (χ1) is 8.99. The molecule has 2 heterocycles. The molecule has 0 radical (unpaired) electrons. The molecular weight excluding hydrogens is 246 g/mol. The highest BCUT2D eigenvalue weighted by Gasteiger charge is 2.15. The fourth-order valence-electron chi connectivity index (χ4n) is 1.76. The highest BCUT2D eigenvalue weighted by Crippen LogP contribution is 2.17. The van der Waals surface area contributed by atoms with Crippen LogP contribution < -0.4 is 0 Å². The Balaban J connectivity index is 2.18. The number of aromatic nitrogens is 2. The Morgan fingerprint density at radius 2 is 2.32 bits per heavy atom. The van der Waals surface area contributed by atoms with Crippen molar-refractivity contribution in [3.05, 3.63) is 23.5 Å². The molecule has 2 aromatic heterocycles. The minimum atomic E-state index is -0.420. The lowest BCUT2D eigenvalue weighted by molar-refractivity contribution is 0.0768. The van der Waals surface area contributed by atoms with Crippen molar-refractivity contribution < 1.29 is 14.4 Å². The van der Waals surface area contributed by atoms with Crippen LogP contribution >= 0.6 is 0 Å². The van der Waals surface area contributed by atoms with Crippen LogP contribution in [0.25, 0.3) is 11.1 Å². The van der Waals surface area contributed by atoms with Crippen LogP contribution in [0.15, 0.2) is 16.8 Å². The molecule has 0 aliphatic heterocycles. The number of hydrogen-bond donors (Lipinski definition) is 1. The van der Waals surface area contributed by atoms with E-state index < -0.39 is 6.10 Å². The number of aliphatic hydroxyl groups excluding tert-OH is 1. The molecule has 6 heteroatoms.